The monoisotopic (exact) mass is 203 g/mol. The maximum Gasteiger partial charge on any atom is 0.0704 e. The Kier molecular flexibility index (Phi) is 9.35. The van der Waals surface area contributed by atoms with Gasteiger partial charge in [-0.25, -0.2) is 0 Å². The van der Waals surface area contributed by atoms with E-state index in [-0.39, 0.29) is 0 Å². The lowest BCUT2D eigenvalue weighted by atomic mass is 10.2. The molecule has 14 heavy (non-hydrogen) atoms. The molecule has 0 radical (unpaired) electrons. The largest absolute Gasteiger partial charge is 0.382 e. The van der Waals surface area contributed by atoms with Gasteiger partial charge >= 0.3 is 0 Å². The number of rotatable bonds is 9. The van der Waals surface area contributed by atoms with E-state index in [1.54, 1.807) is 7.11 Å². The zero-order valence-corrected chi connectivity index (χ0v) is 10.0. The molecule has 3 heteroatoms. The Morgan fingerprint density at radius 1 is 1.14 bits per heavy atom. The highest BCUT2D eigenvalue weighted by Crippen LogP contribution is 1.97. The summed E-state index contributed by atoms with van der Waals surface area (Å²) in [6.45, 7) is 9.94. The molecule has 1 N–H and O–H groups in total. The number of nitrogens with one attached hydrogen (secondary N) is 1. The second-order valence-corrected chi connectivity index (χ2v) is 3.95. The van der Waals surface area contributed by atoms with Gasteiger partial charge in [-0.3, -0.25) is 0 Å². The van der Waals surface area contributed by atoms with Gasteiger partial charge in [0, 0.05) is 13.7 Å². The van der Waals surface area contributed by atoms with Gasteiger partial charge in [-0.2, -0.15) is 0 Å². The normalized spacial score (nSPS) is 13.5. The fourth-order valence-electron chi connectivity index (χ4n) is 1.15. The minimum absolute atomic E-state index is 0.323. The van der Waals surface area contributed by atoms with E-state index in [1.807, 2.05) is 0 Å². The molecule has 0 aromatic rings. The van der Waals surface area contributed by atoms with Crippen molar-refractivity contribution in [2.24, 2.45) is 5.92 Å². The molecule has 0 amide bonds. The average Bonchev–Trinajstić information content (AvgIpc) is 2.15. The highest BCUT2D eigenvalue weighted by molar-refractivity contribution is 4.60. The Morgan fingerprint density at radius 2 is 1.86 bits per heavy atom. The molecule has 0 aromatic carbocycles. The third-order valence-electron chi connectivity index (χ3n) is 2.02. The lowest BCUT2D eigenvalue weighted by Crippen LogP contribution is -2.31. The number of ether oxygens (including phenoxy) is 2. The van der Waals surface area contributed by atoms with Crippen LogP contribution in [0.25, 0.3) is 0 Å². The van der Waals surface area contributed by atoms with Crippen molar-refractivity contribution in [3.8, 4) is 0 Å². The van der Waals surface area contributed by atoms with Crippen LogP contribution in [0.15, 0.2) is 0 Å². The molecule has 0 aliphatic heterocycles. The SMILES string of the molecule is CCC(CNCC(C)C)OCCOC. The second-order valence-electron chi connectivity index (χ2n) is 3.95. The molecule has 0 aromatic heterocycles. The van der Waals surface area contributed by atoms with Gasteiger partial charge in [0.15, 0.2) is 0 Å². The molecule has 0 rings (SSSR count). The summed E-state index contributed by atoms with van der Waals surface area (Å²) in [5.74, 6) is 0.700. The Labute approximate surface area is 88.2 Å². The van der Waals surface area contributed by atoms with E-state index in [0.717, 1.165) is 19.5 Å². The predicted molar refractivity (Wildman–Crippen MR) is 59.6 cm³/mol. The summed E-state index contributed by atoms with van der Waals surface area (Å²) in [4.78, 5) is 0. The van der Waals surface area contributed by atoms with E-state index in [9.17, 15) is 0 Å². The van der Waals surface area contributed by atoms with Crippen molar-refractivity contribution in [3.05, 3.63) is 0 Å². The first kappa shape index (κ1) is 13.9. The summed E-state index contributed by atoms with van der Waals surface area (Å²) in [6, 6.07) is 0. The van der Waals surface area contributed by atoms with Gasteiger partial charge in [-0.1, -0.05) is 20.8 Å². The van der Waals surface area contributed by atoms with Crippen LogP contribution in [0.1, 0.15) is 27.2 Å². The van der Waals surface area contributed by atoms with Gasteiger partial charge in [0.1, 0.15) is 0 Å². The summed E-state index contributed by atoms with van der Waals surface area (Å²) in [5, 5.41) is 3.40. The Balaban J connectivity index is 3.38. The molecule has 0 saturated heterocycles. The molecular formula is C11H25NO2. The number of hydrogen-bond acceptors (Lipinski definition) is 3. The van der Waals surface area contributed by atoms with E-state index in [4.69, 9.17) is 9.47 Å². The van der Waals surface area contributed by atoms with Crippen molar-refractivity contribution >= 4 is 0 Å². The van der Waals surface area contributed by atoms with Crippen LogP contribution in [-0.2, 0) is 9.47 Å². The maximum atomic E-state index is 5.63. The standard InChI is InChI=1S/C11H25NO2/c1-5-11(14-7-6-13-4)9-12-8-10(2)3/h10-12H,5-9H2,1-4H3. The van der Waals surface area contributed by atoms with E-state index < -0.39 is 0 Å². The number of methoxy groups -OCH3 is 1. The lowest BCUT2D eigenvalue weighted by molar-refractivity contribution is 0.0158. The van der Waals surface area contributed by atoms with E-state index in [1.165, 1.54) is 0 Å². The van der Waals surface area contributed by atoms with Crippen molar-refractivity contribution in [2.75, 3.05) is 33.4 Å². The quantitative estimate of drug-likeness (QED) is 0.578. The summed E-state index contributed by atoms with van der Waals surface area (Å²) in [6.07, 6.45) is 1.37. The van der Waals surface area contributed by atoms with Crippen molar-refractivity contribution in [2.45, 2.75) is 33.3 Å². The minimum atomic E-state index is 0.323. The fourth-order valence-corrected chi connectivity index (χ4v) is 1.15. The van der Waals surface area contributed by atoms with E-state index in [0.29, 0.717) is 25.2 Å². The highest BCUT2D eigenvalue weighted by Gasteiger charge is 2.05. The van der Waals surface area contributed by atoms with Crippen LogP contribution in [-0.4, -0.2) is 39.5 Å². The Bertz CT molecular complexity index is 118. The third kappa shape index (κ3) is 8.48. The first-order chi connectivity index (χ1) is 6.70. The van der Waals surface area contributed by atoms with E-state index >= 15 is 0 Å². The number of hydrogen-bond donors (Lipinski definition) is 1. The zero-order chi connectivity index (χ0) is 10.8. The van der Waals surface area contributed by atoms with Gasteiger partial charge in [-0.05, 0) is 18.9 Å². The van der Waals surface area contributed by atoms with Gasteiger partial charge in [-0.15, -0.1) is 0 Å². The van der Waals surface area contributed by atoms with Crippen LogP contribution in [0.5, 0.6) is 0 Å². The highest BCUT2D eigenvalue weighted by atomic mass is 16.5. The van der Waals surface area contributed by atoms with Gasteiger partial charge in [0.2, 0.25) is 0 Å². The topological polar surface area (TPSA) is 30.5 Å². The first-order valence-corrected chi connectivity index (χ1v) is 5.51. The molecule has 86 valence electrons. The molecule has 0 heterocycles. The van der Waals surface area contributed by atoms with Crippen molar-refractivity contribution in [1.82, 2.24) is 5.32 Å². The molecule has 3 nitrogen and oxygen atoms in total. The molecule has 1 unspecified atom stereocenters. The van der Waals surface area contributed by atoms with Crippen LogP contribution in [0.2, 0.25) is 0 Å². The molecule has 0 aliphatic carbocycles. The summed E-state index contributed by atoms with van der Waals surface area (Å²) in [5.41, 5.74) is 0. The van der Waals surface area contributed by atoms with Crippen LogP contribution in [0.4, 0.5) is 0 Å². The van der Waals surface area contributed by atoms with E-state index in [2.05, 4.69) is 26.1 Å². The molecule has 0 saturated carbocycles. The van der Waals surface area contributed by atoms with Crippen LogP contribution in [0.3, 0.4) is 0 Å². The molecule has 0 spiro atoms. The molecule has 0 aliphatic rings. The molecule has 0 bridgehead atoms. The Hall–Kier alpha value is -0.120. The smallest absolute Gasteiger partial charge is 0.0704 e. The van der Waals surface area contributed by atoms with Crippen LogP contribution >= 0.6 is 0 Å². The predicted octanol–water partition coefficient (Wildman–Crippen LogP) is 1.67. The third-order valence-corrected chi connectivity index (χ3v) is 2.02. The fraction of sp³-hybridized carbons (Fsp3) is 1.00. The lowest BCUT2D eigenvalue weighted by Gasteiger charge is -2.17. The van der Waals surface area contributed by atoms with Gasteiger partial charge < -0.3 is 14.8 Å². The summed E-state index contributed by atoms with van der Waals surface area (Å²) < 4.78 is 10.6. The molecule has 1 atom stereocenters. The minimum Gasteiger partial charge on any atom is -0.382 e. The van der Waals surface area contributed by atoms with Crippen molar-refractivity contribution < 1.29 is 9.47 Å². The first-order valence-electron chi connectivity index (χ1n) is 5.51. The molecule has 0 fully saturated rings. The zero-order valence-electron chi connectivity index (χ0n) is 10.0. The van der Waals surface area contributed by atoms with Crippen LogP contribution < -0.4 is 5.32 Å². The second kappa shape index (κ2) is 9.44. The van der Waals surface area contributed by atoms with Crippen LogP contribution in [0, 0.1) is 5.92 Å². The average molecular weight is 203 g/mol. The molecular weight excluding hydrogens is 178 g/mol. The summed E-state index contributed by atoms with van der Waals surface area (Å²) in [7, 11) is 1.70. The van der Waals surface area contributed by atoms with Gasteiger partial charge in [0.25, 0.3) is 0 Å². The van der Waals surface area contributed by atoms with Crippen molar-refractivity contribution in [3.63, 3.8) is 0 Å². The maximum absolute atomic E-state index is 5.63. The van der Waals surface area contributed by atoms with Gasteiger partial charge in [0.05, 0.1) is 19.3 Å². The van der Waals surface area contributed by atoms with Crippen molar-refractivity contribution in [1.29, 1.82) is 0 Å². The summed E-state index contributed by atoms with van der Waals surface area (Å²) >= 11 is 0. The Morgan fingerprint density at radius 3 is 2.36 bits per heavy atom.